The Bertz CT molecular complexity index is 1060. The van der Waals surface area contributed by atoms with Crippen molar-refractivity contribution in [3.63, 3.8) is 0 Å². The Morgan fingerprint density at radius 3 is 2.24 bits per heavy atom. The van der Waals surface area contributed by atoms with E-state index in [1.165, 1.54) is 12.1 Å². The summed E-state index contributed by atoms with van der Waals surface area (Å²) in [5.41, 5.74) is 2.05. The van der Waals surface area contributed by atoms with Gasteiger partial charge in [-0.2, -0.15) is 4.31 Å². The molecular weight excluding hydrogens is 436 g/mol. The largest absolute Gasteiger partial charge is 0.381 e. The lowest BCUT2D eigenvalue weighted by molar-refractivity contribution is 0.102. The van der Waals surface area contributed by atoms with Crippen LogP contribution in [0.15, 0.2) is 53.4 Å². The molecule has 33 heavy (non-hydrogen) atoms. The summed E-state index contributed by atoms with van der Waals surface area (Å²) >= 11 is 0. The van der Waals surface area contributed by atoms with Crippen molar-refractivity contribution in [2.45, 2.75) is 56.0 Å². The number of rotatable bonds is 6. The maximum Gasteiger partial charge on any atom is 0.255 e. The number of sulfonamides is 1. The van der Waals surface area contributed by atoms with Gasteiger partial charge < -0.3 is 15.5 Å². The van der Waals surface area contributed by atoms with Crippen LogP contribution in [0.2, 0.25) is 0 Å². The molecule has 0 radical (unpaired) electrons. The molecule has 0 aromatic heterocycles. The molecule has 2 aliphatic heterocycles. The number of amides is 1. The Morgan fingerprint density at radius 1 is 0.909 bits per heavy atom. The van der Waals surface area contributed by atoms with Gasteiger partial charge in [-0.1, -0.05) is 18.6 Å². The van der Waals surface area contributed by atoms with Gasteiger partial charge in [0.1, 0.15) is 0 Å². The van der Waals surface area contributed by atoms with E-state index in [4.69, 9.17) is 0 Å². The van der Waals surface area contributed by atoms with Crippen LogP contribution in [-0.4, -0.2) is 62.3 Å². The first-order valence-corrected chi connectivity index (χ1v) is 13.3. The van der Waals surface area contributed by atoms with E-state index in [9.17, 15) is 13.2 Å². The molecule has 7 nitrogen and oxygen atoms in total. The first kappa shape index (κ1) is 23.7. The number of hydrogen-bond acceptors (Lipinski definition) is 5. The summed E-state index contributed by atoms with van der Waals surface area (Å²) in [4.78, 5) is 15.5. The third-order valence-electron chi connectivity index (χ3n) is 6.72. The number of hydrogen-bond donors (Lipinski definition) is 2. The topological polar surface area (TPSA) is 81.8 Å². The van der Waals surface area contributed by atoms with Gasteiger partial charge in [-0.3, -0.25) is 4.79 Å². The Labute approximate surface area is 197 Å². The Balaban J connectivity index is 1.44. The van der Waals surface area contributed by atoms with E-state index in [0.29, 0.717) is 18.2 Å². The summed E-state index contributed by atoms with van der Waals surface area (Å²) < 4.78 is 27.7. The molecule has 1 atom stereocenters. The highest BCUT2D eigenvalue weighted by Crippen LogP contribution is 2.27. The molecule has 1 amide bonds. The number of benzene rings is 2. The van der Waals surface area contributed by atoms with Crippen molar-refractivity contribution in [3.8, 4) is 0 Å². The fourth-order valence-corrected chi connectivity index (χ4v) is 6.33. The van der Waals surface area contributed by atoms with Crippen molar-refractivity contribution in [3.05, 3.63) is 54.1 Å². The van der Waals surface area contributed by atoms with Crippen LogP contribution in [0.25, 0.3) is 0 Å². The predicted molar refractivity (Wildman–Crippen MR) is 132 cm³/mol. The second-order valence-corrected chi connectivity index (χ2v) is 11.1. The van der Waals surface area contributed by atoms with Crippen molar-refractivity contribution >= 4 is 27.3 Å². The number of likely N-dealkylation sites (tertiary alicyclic amines) is 1. The highest BCUT2D eigenvalue weighted by molar-refractivity contribution is 7.89. The lowest BCUT2D eigenvalue weighted by atomic mass is 10.0. The number of nitrogens with zero attached hydrogens (tertiary/aromatic N) is 2. The van der Waals surface area contributed by atoms with Crippen molar-refractivity contribution in [1.29, 1.82) is 0 Å². The molecule has 2 saturated heterocycles. The summed E-state index contributed by atoms with van der Waals surface area (Å²) in [6, 6.07) is 14.3. The summed E-state index contributed by atoms with van der Waals surface area (Å²) in [5, 5.41) is 6.55. The summed E-state index contributed by atoms with van der Waals surface area (Å²) in [6.07, 6.45) is 4.94. The zero-order valence-corrected chi connectivity index (χ0v) is 20.3. The molecule has 2 fully saturated rings. The maximum atomic E-state index is 13.0. The van der Waals surface area contributed by atoms with Crippen molar-refractivity contribution < 1.29 is 13.2 Å². The first-order valence-electron chi connectivity index (χ1n) is 11.8. The Hall–Kier alpha value is -2.42. The van der Waals surface area contributed by atoms with Gasteiger partial charge in [0.05, 0.1) is 16.3 Å². The van der Waals surface area contributed by atoms with E-state index in [1.807, 2.05) is 31.2 Å². The lowest BCUT2D eigenvalue weighted by Gasteiger charge is -2.32. The summed E-state index contributed by atoms with van der Waals surface area (Å²) in [6.45, 7) is 4.61. The van der Waals surface area contributed by atoms with Crippen LogP contribution in [0.4, 0.5) is 11.4 Å². The molecular formula is C25H34N4O3S. The highest BCUT2D eigenvalue weighted by Gasteiger charge is 2.31. The van der Waals surface area contributed by atoms with Crippen LogP contribution >= 0.6 is 0 Å². The summed E-state index contributed by atoms with van der Waals surface area (Å²) in [5.74, 6) is -0.261. The molecule has 0 bridgehead atoms. The minimum absolute atomic E-state index is 0.000269. The smallest absolute Gasteiger partial charge is 0.255 e. The van der Waals surface area contributed by atoms with E-state index in [-0.39, 0.29) is 16.8 Å². The molecule has 8 heteroatoms. The molecule has 2 heterocycles. The molecule has 2 aliphatic rings. The maximum absolute atomic E-state index is 13.0. The molecule has 2 aromatic carbocycles. The quantitative estimate of drug-likeness (QED) is 0.667. The predicted octanol–water partition coefficient (Wildman–Crippen LogP) is 4.01. The van der Waals surface area contributed by atoms with Gasteiger partial charge in [0.15, 0.2) is 0 Å². The first-order chi connectivity index (χ1) is 15.8. The van der Waals surface area contributed by atoms with Gasteiger partial charge >= 0.3 is 0 Å². The van der Waals surface area contributed by atoms with Crippen LogP contribution < -0.4 is 10.6 Å². The van der Waals surface area contributed by atoms with Crippen molar-refractivity contribution in [1.82, 2.24) is 9.21 Å². The number of piperidine rings is 2. The van der Waals surface area contributed by atoms with Crippen LogP contribution in [-0.2, 0) is 10.0 Å². The van der Waals surface area contributed by atoms with E-state index in [1.54, 1.807) is 16.4 Å². The number of carbonyl (C=O) groups is 1. The van der Waals surface area contributed by atoms with Gasteiger partial charge in [0.25, 0.3) is 5.91 Å². The molecule has 0 aliphatic carbocycles. The van der Waals surface area contributed by atoms with Crippen LogP contribution in [0.3, 0.4) is 0 Å². The average Bonchev–Trinajstić information content (AvgIpc) is 2.82. The zero-order valence-electron chi connectivity index (χ0n) is 19.5. The normalized spacial score (nSPS) is 21.0. The van der Waals surface area contributed by atoms with E-state index in [0.717, 1.165) is 56.6 Å². The number of carbonyl (C=O) groups excluding carboxylic acids is 1. The molecule has 1 unspecified atom stereocenters. The molecule has 2 N–H and O–H groups in total. The fraction of sp³-hybridized carbons (Fsp3) is 0.480. The molecule has 0 saturated carbocycles. The lowest BCUT2D eigenvalue weighted by Crippen LogP contribution is -2.41. The van der Waals surface area contributed by atoms with Crippen molar-refractivity contribution in [2.24, 2.45) is 0 Å². The van der Waals surface area contributed by atoms with Gasteiger partial charge in [-0.05, 0) is 89.1 Å². The third-order valence-corrected chi connectivity index (χ3v) is 8.75. The zero-order chi connectivity index (χ0) is 23.4. The Kier molecular flexibility index (Phi) is 7.36. The van der Waals surface area contributed by atoms with E-state index in [2.05, 4.69) is 22.6 Å². The average molecular weight is 471 g/mol. The second-order valence-electron chi connectivity index (χ2n) is 9.21. The molecule has 0 spiro atoms. The van der Waals surface area contributed by atoms with Gasteiger partial charge in [0.2, 0.25) is 10.0 Å². The van der Waals surface area contributed by atoms with Gasteiger partial charge in [-0.15, -0.1) is 0 Å². The van der Waals surface area contributed by atoms with E-state index >= 15 is 0 Å². The SMILES string of the molecule is CC1CCCCN1S(=O)(=O)c1ccc(C(=O)Nc2ccccc2NC2CCN(C)CC2)cc1. The fourth-order valence-electron chi connectivity index (χ4n) is 4.63. The summed E-state index contributed by atoms with van der Waals surface area (Å²) in [7, 11) is -1.42. The minimum Gasteiger partial charge on any atom is -0.381 e. The van der Waals surface area contributed by atoms with Crippen LogP contribution in [0.5, 0.6) is 0 Å². The number of para-hydroxylation sites is 2. The standard InChI is InChI=1S/C25H34N4O3S/c1-19-7-5-6-16-29(19)33(31,32)22-12-10-20(11-13-22)25(30)27-24-9-4-3-8-23(24)26-21-14-17-28(2)18-15-21/h3-4,8-13,19,21,26H,5-7,14-18H2,1-2H3,(H,27,30). The van der Waals surface area contributed by atoms with Crippen LogP contribution in [0.1, 0.15) is 49.4 Å². The number of nitrogens with one attached hydrogen (secondary N) is 2. The third kappa shape index (κ3) is 5.57. The monoisotopic (exact) mass is 470 g/mol. The van der Waals surface area contributed by atoms with E-state index < -0.39 is 10.0 Å². The molecule has 178 valence electrons. The van der Waals surface area contributed by atoms with Crippen LogP contribution in [0, 0.1) is 0 Å². The number of anilines is 2. The highest BCUT2D eigenvalue weighted by atomic mass is 32.2. The Morgan fingerprint density at radius 2 is 1.58 bits per heavy atom. The van der Waals surface area contributed by atoms with Gasteiger partial charge in [-0.25, -0.2) is 8.42 Å². The second kappa shape index (κ2) is 10.2. The van der Waals surface area contributed by atoms with Crippen molar-refractivity contribution in [2.75, 3.05) is 37.3 Å². The van der Waals surface area contributed by atoms with Gasteiger partial charge in [0, 0.05) is 24.2 Å². The molecule has 4 rings (SSSR count). The molecule has 2 aromatic rings. The minimum atomic E-state index is -3.55.